The topological polar surface area (TPSA) is 41.9 Å². The molecule has 0 atom stereocenters. The highest BCUT2D eigenvalue weighted by molar-refractivity contribution is 5.42. The van der Waals surface area contributed by atoms with E-state index in [1.165, 1.54) is 11.1 Å². The van der Waals surface area contributed by atoms with Gasteiger partial charge in [0.2, 0.25) is 0 Å². The zero-order chi connectivity index (χ0) is 19.8. The van der Waals surface area contributed by atoms with Gasteiger partial charge in [-0.2, -0.15) is 0 Å². The first kappa shape index (κ1) is 20.7. The average molecular weight is 384 g/mol. The summed E-state index contributed by atoms with van der Waals surface area (Å²) in [7, 11) is 3.34. The summed E-state index contributed by atoms with van der Waals surface area (Å²) in [6, 6.07) is 16.8. The molecule has 3 rings (SSSR count). The Hall–Kier alpha value is -2.04. The number of aryl methyl sites for hydroxylation is 1. The van der Waals surface area contributed by atoms with Crippen LogP contribution >= 0.6 is 0 Å². The van der Waals surface area contributed by atoms with E-state index in [2.05, 4.69) is 47.4 Å². The van der Waals surface area contributed by atoms with Crippen molar-refractivity contribution in [3.05, 3.63) is 59.7 Å². The fourth-order valence-electron chi connectivity index (χ4n) is 4.22. The Labute approximate surface area is 169 Å². The number of aliphatic hydroxyl groups is 1. The maximum atomic E-state index is 10.1. The Morgan fingerprint density at radius 3 is 2.29 bits per heavy atom. The smallest absolute Gasteiger partial charge is 0.161 e. The zero-order valence-corrected chi connectivity index (χ0v) is 17.2. The number of hydrogen-bond donors (Lipinski definition) is 1. The summed E-state index contributed by atoms with van der Waals surface area (Å²) < 4.78 is 10.7. The summed E-state index contributed by atoms with van der Waals surface area (Å²) in [5, 5.41) is 10.1. The second-order valence-electron chi connectivity index (χ2n) is 7.96. The van der Waals surface area contributed by atoms with E-state index in [9.17, 15) is 5.11 Å². The first-order valence-corrected chi connectivity index (χ1v) is 10.3. The van der Waals surface area contributed by atoms with E-state index < -0.39 is 0 Å². The molecule has 1 heterocycles. The van der Waals surface area contributed by atoms with E-state index >= 15 is 0 Å². The molecule has 0 aliphatic carbocycles. The fourth-order valence-corrected chi connectivity index (χ4v) is 4.22. The maximum absolute atomic E-state index is 10.1. The van der Waals surface area contributed by atoms with Crippen LogP contribution in [0.1, 0.15) is 36.8 Å². The second kappa shape index (κ2) is 9.94. The van der Waals surface area contributed by atoms with E-state index in [0.717, 1.165) is 63.2 Å². The van der Waals surface area contributed by atoms with Crippen LogP contribution < -0.4 is 9.47 Å². The highest BCUT2D eigenvalue weighted by Gasteiger charge is 2.33. The number of methoxy groups -OCH3 is 2. The molecule has 0 saturated carbocycles. The van der Waals surface area contributed by atoms with Gasteiger partial charge in [0.1, 0.15) is 0 Å². The SMILES string of the molecule is COc1ccc(CN2CCC(CO)(CCCc3ccccc3)CC2)cc1OC. The molecule has 1 saturated heterocycles. The highest BCUT2D eigenvalue weighted by Crippen LogP contribution is 2.37. The summed E-state index contributed by atoms with van der Waals surface area (Å²) in [5.74, 6) is 1.55. The van der Waals surface area contributed by atoms with E-state index in [4.69, 9.17) is 9.47 Å². The minimum atomic E-state index is 0.0862. The molecule has 0 aromatic heterocycles. The number of nitrogens with zero attached hydrogens (tertiary/aromatic N) is 1. The van der Waals surface area contributed by atoms with Gasteiger partial charge in [0, 0.05) is 13.2 Å². The molecule has 0 amide bonds. The van der Waals surface area contributed by atoms with Gasteiger partial charge in [-0.25, -0.2) is 0 Å². The molecule has 0 radical (unpaired) electrons. The molecular weight excluding hydrogens is 350 g/mol. The summed E-state index contributed by atoms with van der Waals surface area (Å²) in [6.45, 7) is 3.26. The molecule has 28 heavy (non-hydrogen) atoms. The fraction of sp³-hybridized carbons (Fsp3) is 0.500. The molecule has 1 fully saturated rings. The molecule has 2 aromatic carbocycles. The van der Waals surface area contributed by atoms with Crippen LogP contribution in [-0.2, 0) is 13.0 Å². The van der Waals surface area contributed by atoms with Gasteiger partial charge in [-0.3, -0.25) is 4.90 Å². The van der Waals surface area contributed by atoms with Gasteiger partial charge in [-0.1, -0.05) is 36.4 Å². The van der Waals surface area contributed by atoms with Crippen molar-refractivity contribution < 1.29 is 14.6 Å². The Balaban J connectivity index is 1.50. The van der Waals surface area contributed by atoms with Crippen molar-refractivity contribution in [3.8, 4) is 11.5 Å². The monoisotopic (exact) mass is 383 g/mol. The third-order valence-corrected chi connectivity index (χ3v) is 6.12. The number of aliphatic hydroxyl groups excluding tert-OH is 1. The Kier molecular flexibility index (Phi) is 7.35. The lowest BCUT2D eigenvalue weighted by atomic mass is 9.75. The van der Waals surface area contributed by atoms with Crippen molar-refractivity contribution in [2.75, 3.05) is 33.9 Å². The predicted molar refractivity (Wildman–Crippen MR) is 113 cm³/mol. The first-order valence-electron chi connectivity index (χ1n) is 10.3. The summed E-state index contributed by atoms with van der Waals surface area (Å²) in [4.78, 5) is 2.48. The van der Waals surface area contributed by atoms with Crippen molar-refractivity contribution >= 4 is 0 Å². The standard InChI is InChI=1S/C24H33NO3/c1-27-22-11-10-21(17-23(22)28-2)18-25-15-13-24(19-26,14-16-25)12-6-9-20-7-4-3-5-8-20/h3-5,7-8,10-11,17,26H,6,9,12-16,18-19H2,1-2H3. The van der Waals surface area contributed by atoms with Crippen LogP contribution in [0.4, 0.5) is 0 Å². The van der Waals surface area contributed by atoms with Gasteiger partial charge in [-0.05, 0) is 73.9 Å². The van der Waals surface area contributed by atoms with Gasteiger partial charge < -0.3 is 14.6 Å². The number of hydrogen-bond acceptors (Lipinski definition) is 4. The number of benzene rings is 2. The van der Waals surface area contributed by atoms with Gasteiger partial charge in [0.05, 0.1) is 14.2 Å². The quantitative estimate of drug-likeness (QED) is 0.701. The Bertz CT molecular complexity index is 724. The lowest BCUT2D eigenvalue weighted by Crippen LogP contribution is -2.41. The van der Waals surface area contributed by atoms with Crippen LogP contribution in [0.15, 0.2) is 48.5 Å². The Morgan fingerprint density at radius 2 is 1.64 bits per heavy atom. The van der Waals surface area contributed by atoms with E-state index in [1.807, 2.05) is 6.07 Å². The minimum absolute atomic E-state index is 0.0862. The molecule has 4 nitrogen and oxygen atoms in total. The molecule has 0 spiro atoms. The van der Waals surface area contributed by atoms with Crippen molar-refractivity contribution in [2.45, 2.75) is 38.6 Å². The van der Waals surface area contributed by atoms with Gasteiger partial charge in [0.25, 0.3) is 0 Å². The van der Waals surface area contributed by atoms with Crippen molar-refractivity contribution in [3.63, 3.8) is 0 Å². The van der Waals surface area contributed by atoms with Crippen LogP contribution in [0.25, 0.3) is 0 Å². The first-order chi connectivity index (χ1) is 13.7. The van der Waals surface area contributed by atoms with Gasteiger partial charge in [-0.15, -0.1) is 0 Å². The van der Waals surface area contributed by atoms with Gasteiger partial charge in [0.15, 0.2) is 11.5 Å². The molecule has 0 unspecified atom stereocenters. The molecule has 4 heteroatoms. The number of rotatable bonds is 9. The molecule has 152 valence electrons. The lowest BCUT2D eigenvalue weighted by molar-refractivity contribution is 0.0330. The molecule has 1 N–H and O–H groups in total. The van der Waals surface area contributed by atoms with Crippen LogP contribution in [0, 0.1) is 5.41 Å². The molecular formula is C24H33NO3. The van der Waals surface area contributed by atoms with E-state index in [0.29, 0.717) is 6.61 Å². The summed E-state index contributed by atoms with van der Waals surface area (Å²) in [6.07, 6.45) is 5.46. The van der Waals surface area contributed by atoms with Crippen molar-refractivity contribution in [2.24, 2.45) is 5.41 Å². The van der Waals surface area contributed by atoms with Gasteiger partial charge >= 0.3 is 0 Å². The number of piperidine rings is 1. The minimum Gasteiger partial charge on any atom is -0.493 e. The predicted octanol–water partition coefficient (Wildman–Crippen LogP) is 4.30. The summed E-state index contributed by atoms with van der Waals surface area (Å²) >= 11 is 0. The van der Waals surface area contributed by atoms with Crippen molar-refractivity contribution in [1.29, 1.82) is 0 Å². The van der Waals surface area contributed by atoms with Crippen LogP contribution in [-0.4, -0.2) is 43.9 Å². The van der Waals surface area contributed by atoms with Crippen LogP contribution in [0.3, 0.4) is 0 Å². The second-order valence-corrected chi connectivity index (χ2v) is 7.96. The zero-order valence-electron chi connectivity index (χ0n) is 17.2. The van der Waals surface area contributed by atoms with E-state index in [-0.39, 0.29) is 5.41 Å². The van der Waals surface area contributed by atoms with Crippen LogP contribution in [0.5, 0.6) is 11.5 Å². The molecule has 1 aliphatic heterocycles. The van der Waals surface area contributed by atoms with E-state index in [1.54, 1.807) is 14.2 Å². The highest BCUT2D eigenvalue weighted by atomic mass is 16.5. The summed E-state index contributed by atoms with van der Waals surface area (Å²) in [5.41, 5.74) is 2.71. The number of ether oxygens (including phenoxy) is 2. The molecule has 2 aromatic rings. The molecule has 0 bridgehead atoms. The Morgan fingerprint density at radius 1 is 0.929 bits per heavy atom. The molecule has 1 aliphatic rings. The lowest BCUT2D eigenvalue weighted by Gasteiger charge is -2.41. The average Bonchev–Trinajstić information content (AvgIpc) is 2.76. The van der Waals surface area contributed by atoms with Crippen LogP contribution in [0.2, 0.25) is 0 Å². The largest absolute Gasteiger partial charge is 0.493 e. The van der Waals surface area contributed by atoms with Crippen molar-refractivity contribution in [1.82, 2.24) is 4.90 Å². The third kappa shape index (κ3) is 5.27. The third-order valence-electron chi connectivity index (χ3n) is 6.12. The number of likely N-dealkylation sites (tertiary alicyclic amines) is 1. The maximum Gasteiger partial charge on any atom is 0.161 e. The normalized spacial score (nSPS) is 16.7.